The highest BCUT2D eigenvalue weighted by atomic mass is 15.2. The van der Waals surface area contributed by atoms with Crippen molar-refractivity contribution in [3.05, 3.63) is 250 Å². The quantitative estimate of drug-likeness (QED) is 0.0949. The van der Waals surface area contributed by atoms with Crippen LogP contribution in [0.2, 0.25) is 0 Å². The Bertz CT molecular complexity index is 4600. The second-order valence-corrected chi connectivity index (χ2v) is 32.4. The summed E-state index contributed by atoms with van der Waals surface area (Å²) >= 11 is 0. The average Bonchev–Trinajstić information content (AvgIpc) is 0.705. The van der Waals surface area contributed by atoms with Gasteiger partial charge in [0.15, 0.2) is 0 Å². The van der Waals surface area contributed by atoms with Crippen LogP contribution in [0.1, 0.15) is 235 Å². The van der Waals surface area contributed by atoms with Gasteiger partial charge < -0.3 is 19.6 Å². The fraction of sp³-hybridized carbons (Fsp3) is 0.333. The van der Waals surface area contributed by atoms with Gasteiger partial charge in [-0.2, -0.15) is 0 Å². The van der Waals surface area contributed by atoms with Gasteiger partial charge in [0, 0.05) is 68.2 Å². The van der Waals surface area contributed by atoms with Crippen LogP contribution in [0.4, 0.5) is 68.2 Å². The minimum absolute atomic E-state index is 0.0257. The summed E-state index contributed by atoms with van der Waals surface area (Å²) in [4.78, 5) is 10.3. The molecule has 96 heavy (non-hydrogen) atoms. The molecule has 0 aromatic heterocycles. The maximum Gasteiger partial charge on any atom is 0.252 e. The summed E-state index contributed by atoms with van der Waals surface area (Å²) in [6.07, 6.45) is 2.12. The van der Waals surface area contributed by atoms with Gasteiger partial charge in [0.25, 0.3) is 13.4 Å². The largest absolute Gasteiger partial charge is 0.311 e. The molecule has 0 spiro atoms. The summed E-state index contributed by atoms with van der Waals surface area (Å²) in [5.41, 5.74) is 36.7. The molecule has 4 heterocycles. The number of fused-ring (bicyclic) bond motifs is 8. The normalized spacial score (nSPS) is 14.3. The molecule has 1 atom stereocenters. The van der Waals surface area contributed by atoms with E-state index in [9.17, 15) is 0 Å². The van der Waals surface area contributed by atoms with Crippen LogP contribution in [-0.4, -0.2) is 13.4 Å². The van der Waals surface area contributed by atoms with Gasteiger partial charge in [0.05, 0.1) is 0 Å². The molecular weight excluding hydrogens is 1160 g/mol. The van der Waals surface area contributed by atoms with Crippen LogP contribution in [-0.2, 0) is 10.8 Å². The lowest BCUT2D eigenvalue weighted by molar-refractivity contribution is 0.439. The van der Waals surface area contributed by atoms with E-state index in [2.05, 4.69) is 345 Å². The van der Waals surface area contributed by atoms with Crippen molar-refractivity contribution in [2.24, 2.45) is 0 Å². The van der Waals surface area contributed by atoms with E-state index in [-0.39, 0.29) is 24.3 Å². The highest BCUT2D eigenvalue weighted by Crippen LogP contribution is 2.49. The second kappa shape index (κ2) is 24.6. The summed E-state index contributed by atoms with van der Waals surface area (Å²) < 4.78 is 0. The van der Waals surface area contributed by atoms with Crippen molar-refractivity contribution in [3.8, 4) is 0 Å². The Balaban J connectivity index is 0.792. The van der Waals surface area contributed by atoms with Crippen molar-refractivity contribution in [2.75, 3.05) is 19.6 Å². The summed E-state index contributed by atoms with van der Waals surface area (Å²) in [6, 6.07) is 77.5. The Hall–Kier alpha value is -8.47. The molecule has 0 saturated carbocycles. The highest BCUT2D eigenvalue weighted by molar-refractivity contribution is 7.01. The third-order valence-corrected chi connectivity index (χ3v) is 22.4. The number of nitrogens with zero attached hydrogens (tertiary/aromatic N) is 4. The zero-order valence-corrected chi connectivity index (χ0v) is 60.9. The van der Waals surface area contributed by atoms with Crippen LogP contribution < -0.4 is 52.4 Å². The van der Waals surface area contributed by atoms with E-state index in [4.69, 9.17) is 0 Å². The number of rotatable bonds is 15. The van der Waals surface area contributed by atoms with Gasteiger partial charge in [0.2, 0.25) is 0 Å². The average molecular weight is 1260 g/mol. The van der Waals surface area contributed by atoms with Crippen LogP contribution in [0.3, 0.4) is 0 Å². The fourth-order valence-electron chi connectivity index (χ4n) is 16.1. The molecule has 4 aliphatic heterocycles. The van der Waals surface area contributed by atoms with Crippen molar-refractivity contribution in [3.63, 3.8) is 0 Å². The minimum atomic E-state index is -0.0640. The third kappa shape index (κ3) is 11.2. The van der Waals surface area contributed by atoms with E-state index in [0.717, 1.165) is 12.8 Å². The van der Waals surface area contributed by atoms with Crippen LogP contribution in [0, 0.1) is 6.92 Å². The summed E-state index contributed by atoms with van der Waals surface area (Å²) in [5.74, 6) is 2.81. The smallest absolute Gasteiger partial charge is 0.252 e. The zero-order valence-electron chi connectivity index (χ0n) is 60.9. The van der Waals surface area contributed by atoms with Gasteiger partial charge in [-0.3, -0.25) is 0 Å². The predicted molar refractivity (Wildman–Crippen MR) is 420 cm³/mol. The Labute approximate surface area is 577 Å². The molecule has 0 saturated heterocycles. The first-order valence-electron chi connectivity index (χ1n) is 36.3. The van der Waals surface area contributed by atoms with Gasteiger partial charge in [-0.05, 0) is 257 Å². The van der Waals surface area contributed by atoms with Crippen LogP contribution in [0.15, 0.2) is 194 Å². The second-order valence-electron chi connectivity index (χ2n) is 32.4. The molecule has 10 aromatic carbocycles. The topological polar surface area (TPSA) is 13.0 Å². The molecule has 6 heteroatoms. The van der Waals surface area contributed by atoms with Crippen molar-refractivity contribution in [2.45, 2.75) is 197 Å². The summed E-state index contributed by atoms with van der Waals surface area (Å²) in [6.45, 7) is 44.7. The predicted octanol–water partition coefficient (Wildman–Crippen LogP) is 22.1. The van der Waals surface area contributed by atoms with Crippen molar-refractivity contribution in [1.82, 2.24) is 0 Å². The highest BCUT2D eigenvalue weighted by Gasteiger charge is 2.46. The van der Waals surface area contributed by atoms with Gasteiger partial charge in [-0.25, -0.2) is 0 Å². The number of aryl methyl sites for hydroxylation is 1. The van der Waals surface area contributed by atoms with E-state index < -0.39 is 0 Å². The molecule has 486 valence electrons. The molecule has 4 nitrogen and oxygen atoms in total. The van der Waals surface area contributed by atoms with E-state index in [1.807, 2.05) is 0 Å². The van der Waals surface area contributed by atoms with Gasteiger partial charge in [0.1, 0.15) is 0 Å². The lowest BCUT2D eigenvalue weighted by atomic mass is 9.33. The van der Waals surface area contributed by atoms with Crippen LogP contribution >= 0.6 is 0 Å². The maximum atomic E-state index is 2.61. The lowest BCUT2D eigenvalue weighted by Gasteiger charge is -2.45. The molecule has 0 fully saturated rings. The van der Waals surface area contributed by atoms with E-state index in [1.165, 1.54) is 157 Å². The number of hydrogen-bond acceptors (Lipinski definition) is 4. The fourth-order valence-corrected chi connectivity index (χ4v) is 16.1. The van der Waals surface area contributed by atoms with Gasteiger partial charge in [-0.15, -0.1) is 0 Å². The van der Waals surface area contributed by atoms with Crippen LogP contribution in [0.5, 0.6) is 0 Å². The molecule has 0 amide bonds. The standard InChI is InChI=1S/C90H100B2N4/c1-54(2)62-20-32-71(33-21-62)93-79-40-26-65(56(5)6)48-75(79)91-76-49-66(57(7)8)27-41-80(76)94(84-47-60(13)46-83(93)87(84)91)73-36-24-64(25-37-73)61(14)44-45-90(18,19)69-29-38-74(39-30-69)96-82-43-31-70(89(15,16)17)53-78(82)92-77-50-67(58(9)10)28-42-81(77)95(72-34-22-63(23-35-72)55(3)4)85-51-68(59(11)12)52-86(96)88(85)92/h20-43,46-59,61H,44-45H2,1-19H3. The van der Waals surface area contributed by atoms with Crippen molar-refractivity contribution in [1.29, 1.82) is 0 Å². The number of benzene rings is 10. The monoisotopic (exact) mass is 1260 g/mol. The van der Waals surface area contributed by atoms with Gasteiger partial charge >= 0.3 is 0 Å². The number of hydrogen-bond donors (Lipinski definition) is 0. The maximum absolute atomic E-state index is 2.61. The van der Waals surface area contributed by atoms with Crippen molar-refractivity contribution < 1.29 is 0 Å². The Morgan fingerprint density at radius 3 is 0.927 bits per heavy atom. The Morgan fingerprint density at radius 2 is 0.583 bits per heavy atom. The SMILES string of the molecule is Cc1cc2c3c(c1)N(c1ccc(C(C)CCC(C)(C)c4ccc(N5c6ccc(C(C)(C)C)cc6B6c7cc(C(C)C)ccc7N(c7ccc(C(C)C)cc7)c7cc(C(C)C)cc5c76)cc4)cc1)c1ccc(C(C)C)cc1B3c1cc(C(C)C)ccc1N2c1ccc(C(C)C)cc1. The zero-order chi connectivity index (χ0) is 67.7. The van der Waals surface area contributed by atoms with Crippen molar-refractivity contribution >= 4 is 114 Å². The van der Waals surface area contributed by atoms with Crippen LogP contribution in [0.25, 0.3) is 0 Å². The molecule has 0 bridgehead atoms. The van der Waals surface area contributed by atoms with E-state index >= 15 is 0 Å². The molecule has 0 aliphatic carbocycles. The Morgan fingerprint density at radius 1 is 0.292 bits per heavy atom. The summed E-state index contributed by atoms with van der Waals surface area (Å²) in [7, 11) is 0. The Kier molecular flexibility index (Phi) is 16.6. The van der Waals surface area contributed by atoms with E-state index in [1.54, 1.807) is 0 Å². The number of anilines is 12. The first-order valence-corrected chi connectivity index (χ1v) is 36.3. The molecule has 4 aliphatic rings. The third-order valence-electron chi connectivity index (χ3n) is 22.4. The first-order chi connectivity index (χ1) is 45.8. The lowest BCUT2D eigenvalue weighted by Crippen LogP contribution is -2.61. The molecule has 0 radical (unpaired) electrons. The molecule has 0 N–H and O–H groups in total. The summed E-state index contributed by atoms with van der Waals surface area (Å²) in [5, 5.41) is 0. The molecular formula is C90H100B2N4. The molecule has 14 rings (SSSR count). The minimum Gasteiger partial charge on any atom is -0.311 e. The molecule has 10 aromatic rings. The molecule has 1 unspecified atom stereocenters. The van der Waals surface area contributed by atoms with E-state index in [0.29, 0.717) is 41.4 Å². The first kappa shape index (κ1) is 64.8. The van der Waals surface area contributed by atoms with Gasteiger partial charge in [-0.1, -0.05) is 222 Å².